The summed E-state index contributed by atoms with van der Waals surface area (Å²) in [6.07, 6.45) is 9.46. The molecule has 0 unspecified atom stereocenters. The van der Waals surface area contributed by atoms with Crippen LogP contribution in [-0.2, 0) is 38.1 Å². The van der Waals surface area contributed by atoms with Crippen LogP contribution in [0.3, 0.4) is 0 Å². The number of ketones is 1. The van der Waals surface area contributed by atoms with Gasteiger partial charge in [-0.15, -0.1) is 0 Å². The minimum atomic E-state index is -3.78. The Hall–Kier alpha value is -2.37. The molecule has 0 radical (unpaired) electrons. The predicted molar refractivity (Wildman–Crippen MR) is 195 cm³/mol. The van der Waals surface area contributed by atoms with Crippen molar-refractivity contribution in [2.24, 2.45) is 5.41 Å². The Morgan fingerprint density at radius 3 is 2.27 bits per heavy atom. The highest BCUT2D eigenvalue weighted by molar-refractivity contribution is 7.92. The fourth-order valence-corrected chi connectivity index (χ4v) is 7.51. The van der Waals surface area contributed by atoms with Crippen LogP contribution in [0.15, 0.2) is 70.7 Å². The van der Waals surface area contributed by atoms with Crippen molar-refractivity contribution in [2.75, 3.05) is 19.0 Å². The van der Waals surface area contributed by atoms with Crippen LogP contribution in [0.2, 0.25) is 18.1 Å². The second-order valence-corrected chi connectivity index (χ2v) is 22.0. The maximum absolute atomic E-state index is 13.4. The SMILES string of the molecule is CCOC(=O)[C@@](C)(C/C=C(C)/C=C/CC/C=C(\C)CO[Si](C)(C)C(C)(C)C)[C@H]1C[C@@H](CC(=O)CS(=O)(=O)c2ccccc2)OC(C)(C)O1. The van der Waals surface area contributed by atoms with E-state index < -0.39 is 59.1 Å². The normalized spacial score (nSPS) is 20.8. The zero-order chi connectivity index (χ0) is 36.4. The molecule has 8 nitrogen and oxygen atoms in total. The van der Waals surface area contributed by atoms with Crippen molar-refractivity contribution in [2.45, 2.75) is 135 Å². The lowest BCUT2D eigenvalue weighted by Crippen LogP contribution is -2.53. The molecular weight excluding hydrogens is 645 g/mol. The molecule has 3 atom stereocenters. The lowest BCUT2D eigenvalue weighted by Gasteiger charge is -2.46. The number of rotatable bonds is 17. The molecule has 0 aromatic heterocycles. The van der Waals surface area contributed by atoms with Gasteiger partial charge in [-0.05, 0) is 91.1 Å². The largest absolute Gasteiger partial charge is 0.465 e. The first kappa shape index (κ1) is 41.8. The number of unbranched alkanes of at least 4 members (excludes halogenated alkanes) is 1. The summed E-state index contributed by atoms with van der Waals surface area (Å²) in [6, 6.07) is 7.93. The zero-order valence-corrected chi connectivity index (χ0v) is 33.0. The lowest BCUT2D eigenvalue weighted by atomic mass is 9.77. The molecule has 2 rings (SSSR count). The van der Waals surface area contributed by atoms with Gasteiger partial charge in [-0.1, -0.05) is 74.4 Å². The first-order valence-electron chi connectivity index (χ1n) is 17.1. The van der Waals surface area contributed by atoms with Crippen LogP contribution >= 0.6 is 0 Å². The number of esters is 1. The van der Waals surface area contributed by atoms with E-state index in [1.165, 1.54) is 17.7 Å². The number of Topliss-reactive ketones (excluding diaryl/α,β-unsaturated/α-hetero) is 1. The summed E-state index contributed by atoms with van der Waals surface area (Å²) >= 11 is 0. The molecule has 1 aromatic rings. The molecule has 1 heterocycles. The number of hydrogen-bond donors (Lipinski definition) is 0. The van der Waals surface area contributed by atoms with Crippen LogP contribution in [0.5, 0.6) is 0 Å². The monoisotopic (exact) mass is 704 g/mol. The molecule has 1 fully saturated rings. The van der Waals surface area contributed by atoms with Crippen molar-refractivity contribution in [1.29, 1.82) is 0 Å². The van der Waals surface area contributed by atoms with E-state index in [1.54, 1.807) is 39.0 Å². The topological polar surface area (TPSA) is 105 Å². The second kappa shape index (κ2) is 17.5. The first-order valence-corrected chi connectivity index (χ1v) is 21.6. The average molecular weight is 705 g/mol. The Balaban J connectivity index is 2.09. The standard InChI is InChI=1S/C38H60O8SSi/c1-12-43-35(40)38(9,24-23-29(2)19-15-13-16-20-30(3)27-44-48(10,11)36(4,5)6)34-26-32(45-37(7,8)46-34)25-31(39)28-47(41,42)33-21-17-14-18-22-33/h14-15,17-23,32,34H,12-13,16,24-28H2,1-11H3/b19-15+,29-23+,30-20+/t32-,34-,38+/m1/s1. The van der Waals surface area contributed by atoms with Gasteiger partial charge in [0.1, 0.15) is 5.75 Å². The summed E-state index contributed by atoms with van der Waals surface area (Å²) in [5.74, 6) is -2.56. The van der Waals surface area contributed by atoms with Gasteiger partial charge in [-0.25, -0.2) is 8.42 Å². The van der Waals surface area contributed by atoms with Gasteiger partial charge in [0, 0.05) is 12.8 Å². The number of hydrogen-bond acceptors (Lipinski definition) is 8. The first-order chi connectivity index (χ1) is 22.1. The van der Waals surface area contributed by atoms with E-state index in [4.69, 9.17) is 18.6 Å². The van der Waals surface area contributed by atoms with E-state index in [-0.39, 0.29) is 29.4 Å². The van der Waals surface area contributed by atoms with Crippen molar-refractivity contribution >= 4 is 29.9 Å². The number of sulfone groups is 1. The molecule has 0 spiro atoms. The van der Waals surface area contributed by atoms with E-state index >= 15 is 0 Å². The van der Waals surface area contributed by atoms with Crippen molar-refractivity contribution in [1.82, 2.24) is 0 Å². The zero-order valence-electron chi connectivity index (χ0n) is 31.2. The van der Waals surface area contributed by atoms with Gasteiger partial charge in [0.2, 0.25) is 0 Å². The van der Waals surface area contributed by atoms with E-state index in [0.29, 0.717) is 13.0 Å². The second-order valence-electron chi connectivity index (χ2n) is 15.2. The van der Waals surface area contributed by atoms with Crippen molar-refractivity contribution in [3.05, 3.63) is 65.8 Å². The highest BCUT2D eigenvalue weighted by atomic mass is 32.2. The van der Waals surface area contributed by atoms with Crippen molar-refractivity contribution < 1.29 is 36.6 Å². The summed E-state index contributed by atoms with van der Waals surface area (Å²) in [4.78, 5) is 26.5. The van der Waals surface area contributed by atoms with E-state index in [2.05, 4.69) is 59.0 Å². The minimum absolute atomic E-state index is 0.105. The number of ether oxygens (including phenoxy) is 3. The molecule has 0 bridgehead atoms. The molecule has 10 heteroatoms. The number of carbonyl (C=O) groups is 2. The molecule has 1 saturated heterocycles. The third-order valence-electron chi connectivity index (χ3n) is 9.24. The van der Waals surface area contributed by atoms with E-state index in [0.717, 1.165) is 18.4 Å². The van der Waals surface area contributed by atoms with E-state index in [1.807, 2.05) is 19.9 Å². The molecule has 1 aromatic carbocycles. The predicted octanol–water partition coefficient (Wildman–Crippen LogP) is 8.54. The van der Waals surface area contributed by atoms with Gasteiger partial charge in [0.25, 0.3) is 0 Å². The summed E-state index contributed by atoms with van der Waals surface area (Å²) in [5.41, 5.74) is 1.19. The molecule has 0 N–H and O–H groups in total. The third kappa shape index (κ3) is 12.8. The molecule has 48 heavy (non-hydrogen) atoms. The molecular formula is C38H60O8SSi. The Labute approximate surface area is 291 Å². The van der Waals surface area contributed by atoms with Gasteiger partial charge in [0.05, 0.1) is 35.7 Å². The van der Waals surface area contributed by atoms with Gasteiger partial charge in [-0.3, -0.25) is 9.59 Å². The highest BCUT2D eigenvalue weighted by Crippen LogP contribution is 2.41. The van der Waals surface area contributed by atoms with Gasteiger partial charge < -0.3 is 18.6 Å². The van der Waals surface area contributed by atoms with Crippen LogP contribution < -0.4 is 0 Å². The van der Waals surface area contributed by atoms with Crippen LogP contribution in [0.4, 0.5) is 0 Å². The molecule has 0 saturated carbocycles. The quantitative estimate of drug-likeness (QED) is 0.0523. The Morgan fingerprint density at radius 2 is 1.67 bits per heavy atom. The van der Waals surface area contributed by atoms with Crippen LogP contribution in [0, 0.1) is 5.41 Å². The fraction of sp³-hybridized carbons (Fsp3) is 0.632. The Morgan fingerprint density at radius 1 is 1.02 bits per heavy atom. The number of allylic oxidation sites excluding steroid dienone is 5. The van der Waals surface area contributed by atoms with Gasteiger partial charge in [0.15, 0.2) is 29.7 Å². The summed E-state index contributed by atoms with van der Waals surface area (Å²) in [5, 5.41) is 0.186. The lowest BCUT2D eigenvalue weighted by molar-refractivity contribution is -0.315. The summed E-state index contributed by atoms with van der Waals surface area (Å²) in [6.45, 7) is 23.3. The molecule has 0 amide bonds. The maximum Gasteiger partial charge on any atom is 0.314 e. The Bertz CT molecular complexity index is 1420. The molecule has 1 aliphatic rings. The number of carbonyl (C=O) groups excluding carboxylic acids is 2. The van der Waals surface area contributed by atoms with Gasteiger partial charge in [-0.2, -0.15) is 0 Å². The maximum atomic E-state index is 13.4. The molecule has 270 valence electrons. The van der Waals surface area contributed by atoms with Gasteiger partial charge >= 0.3 is 5.97 Å². The number of benzene rings is 1. The third-order valence-corrected chi connectivity index (χ3v) is 15.4. The average Bonchev–Trinajstić information content (AvgIpc) is 2.97. The summed E-state index contributed by atoms with van der Waals surface area (Å²) < 4.78 is 49.8. The van der Waals surface area contributed by atoms with Crippen LogP contribution in [0.25, 0.3) is 0 Å². The molecule has 1 aliphatic heterocycles. The fourth-order valence-electron chi connectivity index (χ4n) is 5.21. The van der Waals surface area contributed by atoms with Crippen LogP contribution in [-0.4, -0.2) is 65.4 Å². The van der Waals surface area contributed by atoms with Crippen molar-refractivity contribution in [3.8, 4) is 0 Å². The van der Waals surface area contributed by atoms with Crippen molar-refractivity contribution in [3.63, 3.8) is 0 Å². The smallest absolute Gasteiger partial charge is 0.314 e. The Kier molecular flexibility index (Phi) is 15.3. The minimum Gasteiger partial charge on any atom is -0.465 e. The highest BCUT2D eigenvalue weighted by Gasteiger charge is 2.49. The summed E-state index contributed by atoms with van der Waals surface area (Å²) in [7, 11) is -5.56. The molecule has 0 aliphatic carbocycles. The van der Waals surface area contributed by atoms with E-state index in [9.17, 15) is 18.0 Å². The van der Waals surface area contributed by atoms with Crippen LogP contribution in [0.1, 0.15) is 94.4 Å².